The second-order valence-electron chi connectivity index (χ2n) is 7.59. The Morgan fingerprint density at radius 1 is 0.500 bits per heavy atom. The van der Waals surface area contributed by atoms with Crippen molar-refractivity contribution in [2.45, 2.75) is 5.41 Å². The maximum absolute atomic E-state index is 3.56. The summed E-state index contributed by atoms with van der Waals surface area (Å²) in [5.74, 6) is 0. The van der Waals surface area contributed by atoms with Crippen molar-refractivity contribution in [1.82, 2.24) is 0 Å². The first-order valence-corrected chi connectivity index (χ1v) is 9.96. The van der Waals surface area contributed by atoms with E-state index in [1.807, 2.05) is 24.3 Å². The van der Waals surface area contributed by atoms with Gasteiger partial charge in [-0.3, -0.25) is 0 Å². The topological polar surface area (TPSA) is 0 Å². The molecular formula is C29H18Y-2. The van der Waals surface area contributed by atoms with Crippen LogP contribution in [0.25, 0.3) is 21.9 Å². The van der Waals surface area contributed by atoms with Crippen LogP contribution in [0.2, 0.25) is 0 Å². The fraction of sp³-hybridized carbons (Fsp3) is 0.0345. The van der Waals surface area contributed by atoms with Crippen LogP contribution in [0.3, 0.4) is 0 Å². The van der Waals surface area contributed by atoms with E-state index >= 15 is 0 Å². The third-order valence-corrected chi connectivity index (χ3v) is 6.14. The summed E-state index contributed by atoms with van der Waals surface area (Å²) in [5, 5.41) is 2.53. The van der Waals surface area contributed by atoms with Gasteiger partial charge in [-0.2, -0.15) is 60.7 Å². The Labute approximate surface area is 202 Å². The molecule has 139 valence electrons. The molecule has 0 aliphatic heterocycles. The Kier molecular flexibility index (Phi) is 4.93. The normalized spacial score (nSPS) is 13.3. The van der Waals surface area contributed by atoms with Crippen molar-refractivity contribution in [2.24, 2.45) is 0 Å². The first kappa shape index (κ1) is 19.4. The SMILES string of the molecule is [Y].[c-]1ccccc1C1(c2[c-]cccc2)c2ccccc2-c2cc3ccccc3cc21. The summed E-state index contributed by atoms with van der Waals surface area (Å²) >= 11 is 0. The van der Waals surface area contributed by atoms with Gasteiger partial charge in [0, 0.05) is 38.1 Å². The van der Waals surface area contributed by atoms with E-state index in [2.05, 4.69) is 97.1 Å². The van der Waals surface area contributed by atoms with Gasteiger partial charge in [0.25, 0.3) is 0 Å². The van der Waals surface area contributed by atoms with Crippen molar-refractivity contribution in [2.75, 3.05) is 0 Å². The van der Waals surface area contributed by atoms with Gasteiger partial charge in [0.1, 0.15) is 0 Å². The van der Waals surface area contributed by atoms with Crippen LogP contribution >= 0.6 is 0 Å². The first-order valence-electron chi connectivity index (χ1n) is 9.96. The molecule has 0 bridgehead atoms. The number of hydrogen-bond acceptors (Lipinski definition) is 0. The molecule has 0 saturated heterocycles. The molecule has 0 fully saturated rings. The summed E-state index contributed by atoms with van der Waals surface area (Å²) in [7, 11) is 0. The summed E-state index contributed by atoms with van der Waals surface area (Å²) < 4.78 is 0. The van der Waals surface area contributed by atoms with E-state index < -0.39 is 5.41 Å². The molecule has 0 heterocycles. The molecule has 0 nitrogen and oxygen atoms in total. The van der Waals surface area contributed by atoms with E-state index in [0.29, 0.717) is 0 Å². The van der Waals surface area contributed by atoms with Crippen molar-refractivity contribution in [3.8, 4) is 11.1 Å². The van der Waals surface area contributed by atoms with Crippen LogP contribution in [0.4, 0.5) is 0 Å². The minimum Gasteiger partial charge on any atom is -0.179 e. The van der Waals surface area contributed by atoms with Gasteiger partial charge in [-0.15, -0.1) is 11.1 Å². The Hall–Kier alpha value is -2.54. The molecule has 0 aromatic heterocycles. The second kappa shape index (κ2) is 7.62. The minimum atomic E-state index is -0.418. The van der Waals surface area contributed by atoms with Crippen molar-refractivity contribution < 1.29 is 32.7 Å². The van der Waals surface area contributed by atoms with E-state index in [9.17, 15) is 0 Å². The molecule has 6 rings (SSSR count). The quantitative estimate of drug-likeness (QED) is 0.252. The summed E-state index contributed by atoms with van der Waals surface area (Å²) in [5.41, 5.74) is 7.10. The van der Waals surface area contributed by atoms with Gasteiger partial charge in [-0.05, 0) is 45.2 Å². The Morgan fingerprint density at radius 2 is 1.07 bits per heavy atom. The number of fused-ring (bicyclic) bond motifs is 4. The fourth-order valence-corrected chi connectivity index (χ4v) is 4.94. The molecule has 1 aliphatic rings. The summed E-state index contributed by atoms with van der Waals surface area (Å²) in [4.78, 5) is 0. The predicted molar refractivity (Wildman–Crippen MR) is 119 cm³/mol. The minimum absolute atomic E-state index is 0. The van der Waals surface area contributed by atoms with Gasteiger partial charge < -0.3 is 0 Å². The Morgan fingerprint density at radius 3 is 1.70 bits per heavy atom. The Balaban J connectivity index is 0.00000193. The standard InChI is InChI=1S/C29H18.Y/c1-3-13-23(14-4-1)29(24-15-5-2-6-16-24)27-18-10-9-17-25(27)26-19-21-11-7-8-12-22(21)20-28(26)29;/h1-13,15,17-20H;/q-2;. The number of benzene rings is 5. The fourth-order valence-electron chi connectivity index (χ4n) is 4.94. The Bertz CT molecular complexity index is 1300. The molecule has 30 heavy (non-hydrogen) atoms. The van der Waals surface area contributed by atoms with Crippen LogP contribution in [-0.2, 0) is 38.1 Å². The van der Waals surface area contributed by atoms with Gasteiger partial charge in [-0.1, -0.05) is 48.5 Å². The molecule has 1 heteroatoms. The van der Waals surface area contributed by atoms with Gasteiger partial charge >= 0.3 is 0 Å². The molecule has 0 spiro atoms. The smallest absolute Gasteiger partial charge is 0.0266 e. The predicted octanol–water partition coefficient (Wildman–Crippen LogP) is 6.80. The largest absolute Gasteiger partial charge is 0.179 e. The summed E-state index contributed by atoms with van der Waals surface area (Å²) in [6, 6.07) is 46.0. The monoisotopic (exact) mass is 455 g/mol. The molecule has 0 amide bonds. The third-order valence-electron chi connectivity index (χ3n) is 6.14. The second-order valence-corrected chi connectivity index (χ2v) is 7.59. The van der Waals surface area contributed by atoms with Crippen molar-refractivity contribution in [1.29, 1.82) is 0 Å². The van der Waals surface area contributed by atoms with Crippen LogP contribution in [0.5, 0.6) is 0 Å². The van der Waals surface area contributed by atoms with Crippen LogP contribution in [0.1, 0.15) is 22.3 Å². The van der Waals surface area contributed by atoms with E-state index in [1.165, 1.54) is 33.0 Å². The first-order chi connectivity index (χ1) is 14.4. The molecule has 5 aromatic rings. The number of hydrogen-bond donors (Lipinski definition) is 0. The van der Waals surface area contributed by atoms with Gasteiger partial charge in [-0.25, -0.2) is 0 Å². The van der Waals surface area contributed by atoms with Gasteiger partial charge in [0.15, 0.2) is 0 Å². The molecule has 1 aliphatic carbocycles. The third kappa shape index (κ3) is 2.68. The zero-order chi connectivity index (χ0) is 19.3. The zero-order valence-corrected chi connectivity index (χ0v) is 19.3. The number of rotatable bonds is 2. The molecule has 0 N–H and O–H groups in total. The van der Waals surface area contributed by atoms with Crippen molar-refractivity contribution in [3.63, 3.8) is 0 Å². The molecule has 5 aromatic carbocycles. The van der Waals surface area contributed by atoms with Crippen LogP contribution < -0.4 is 0 Å². The summed E-state index contributed by atoms with van der Waals surface area (Å²) in [6.07, 6.45) is 0. The van der Waals surface area contributed by atoms with Crippen LogP contribution in [0.15, 0.2) is 109 Å². The maximum Gasteiger partial charge on any atom is 0.0266 e. The molecule has 0 saturated carbocycles. The van der Waals surface area contributed by atoms with Gasteiger partial charge in [0.05, 0.1) is 0 Å². The molecular weight excluding hydrogens is 437 g/mol. The molecule has 0 atom stereocenters. The van der Waals surface area contributed by atoms with Crippen molar-refractivity contribution >= 4 is 10.8 Å². The van der Waals surface area contributed by atoms with Crippen LogP contribution in [0, 0.1) is 12.1 Å². The van der Waals surface area contributed by atoms with E-state index in [-0.39, 0.29) is 32.7 Å². The average Bonchev–Trinajstić information content (AvgIpc) is 3.09. The van der Waals surface area contributed by atoms with E-state index in [0.717, 1.165) is 11.1 Å². The average molecular weight is 455 g/mol. The maximum atomic E-state index is 3.56. The van der Waals surface area contributed by atoms with E-state index in [1.54, 1.807) is 0 Å². The molecule has 0 unspecified atom stereocenters. The van der Waals surface area contributed by atoms with Crippen molar-refractivity contribution in [3.05, 3.63) is 144 Å². The zero-order valence-electron chi connectivity index (χ0n) is 16.5. The van der Waals surface area contributed by atoms with Crippen LogP contribution in [-0.4, -0.2) is 0 Å². The summed E-state index contributed by atoms with van der Waals surface area (Å²) in [6.45, 7) is 0. The molecule has 1 radical (unpaired) electrons. The van der Waals surface area contributed by atoms with Gasteiger partial charge in [0.2, 0.25) is 0 Å². The van der Waals surface area contributed by atoms with E-state index in [4.69, 9.17) is 0 Å².